The molecule has 0 aliphatic heterocycles. The first-order valence-corrected chi connectivity index (χ1v) is 9.42. The molecule has 0 unspecified atom stereocenters. The summed E-state index contributed by atoms with van der Waals surface area (Å²) in [5.74, 6) is -0.0364. The molecule has 2 rings (SSSR count). The Kier molecular flexibility index (Phi) is 7.80. The van der Waals surface area contributed by atoms with Crippen molar-refractivity contribution in [2.45, 2.75) is 26.2 Å². The van der Waals surface area contributed by atoms with Crippen molar-refractivity contribution in [3.63, 3.8) is 0 Å². The van der Waals surface area contributed by atoms with Crippen LogP contribution in [-0.4, -0.2) is 47.3 Å². The van der Waals surface area contributed by atoms with E-state index in [1.165, 1.54) is 16.2 Å². The third kappa shape index (κ3) is 6.27. The molecular weight excluding hydrogens is 376 g/mol. The second-order valence-corrected chi connectivity index (χ2v) is 6.99. The summed E-state index contributed by atoms with van der Waals surface area (Å²) in [6.45, 7) is 2.37. The second-order valence-electron chi connectivity index (χ2n) is 5.52. The molecular formula is C17H21ClN4O3S. The Labute approximate surface area is 161 Å². The number of rotatable bonds is 8. The minimum atomic E-state index is -0.610. The fourth-order valence-corrected chi connectivity index (χ4v) is 3.00. The number of aromatic nitrogens is 2. The minimum Gasteiger partial charge on any atom is -0.447 e. The van der Waals surface area contributed by atoms with Crippen LogP contribution in [0.5, 0.6) is 0 Å². The summed E-state index contributed by atoms with van der Waals surface area (Å²) >= 11 is 7.39. The maximum atomic E-state index is 12.1. The molecule has 0 radical (unpaired) electrons. The highest BCUT2D eigenvalue weighted by Gasteiger charge is 2.12. The van der Waals surface area contributed by atoms with Crippen LogP contribution in [0.3, 0.4) is 0 Å². The summed E-state index contributed by atoms with van der Waals surface area (Å²) in [6.07, 6.45) is 1.06. The lowest BCUT2D eigenvalue weighted by molar-refractivity contribution is -0.130. The molecule has 0 atom stereocenters. The molecule has 7 nitrogen and oxygen atoms in total. The molecule has 0 bridgehead atoms. The van der Waals surface area contributed by atoms with Crippen LogP contribution in [0, 0.1) is 0 Å². The summed E-state index contributed by atoms with van der Waals surface area (Å²) in [7, 11) is 1.68. The van der Waals surface area contributed by atoms with Crippen LogP contribution in [0.2, 0.25) is 5.02 Å². The molecule has 1 N–H and O–H groups in total. The number of halogens is 1. The number of amides is 2. The zero-order valence-corrected chi connectivity index (χ0v) is 16.3. The van der Waals surface area contributed by atoms with Crippen molar-refractivity contribution in [1.82, 2.24) is 15.1 Å². The number of benzene rings is 1. The minimum absolute atomic E-state index is 0.0364. The zero-order chi connectivity index (χ0) is 18.9. The molecule has 0 saturated carbocycles. The van der Waals surface area contributed by atoms with Gasteiger partial charge in [-0.05, 0) is 24.5 Å². The number of carbonyl (C=O) groups excluding carboxylic acids is 2. The number of hydrogen-bond donors (Lipinski definition) is 1. The van der Waals surface area contributed by atoms with E-state index in [1.54, 1.807) is 13.1 Å². The molecule has 26 heavy (non-hydrogen) atoms. The van der Waals surface area contributed by atoms with Gasteiger partial charge < -0.3 is 9.64 Å². The molecule has 0 aliphatic carbocycles. The lowest BCUT2D eigenvalue weighted by Gasteiger charge is -2.17. The maximum Gasteiger partial charge on any atom is 0.413 e. The van der Waals surface area contributed by atoms with E-state index in [9.17, 15) is 9.59 Å². The van der Waals surface area contributed by atoms with E-state index in [2.05, 4.69) is 15.5 Å². The Balaban J connectivity index is 1.67. The standard InChI is InChI=1S/C17H21ClN4O3S/c1-3-14-20-21-16(26-14)19-17(24)25-11-10-22(2)15(23)9-8-12-6-4-5-7-13(12)18/h4-7H,3,8-11H2,1-2H3,(H,19,21,24). The van der Waals surface area contributed by atoms with E-state index in [-0.39, 0.29) is 12.5 Å². The fraction of sp³-hybridized carbons (Fsp3) is 0.412. The Morgan fingerprint density at radius 3 is 2.77 bits per heavy atom. The molecule has 2 amide bonds. The van der Waals surface area contributed by atoms with Crippen LogP contribution in [0.15, 0.2) is 24.3 Å². The number of ether oxygens (including phenoxy) is 1. The lowest BCUT2D eigenvalue weighted by Crippen LogP contribution is -2.31. The quantitative estimate of drug-likeness (QED) is 0.739. The number of carbonyl (C=O) groups is 2. The predicted molar refractivity (Wildman–Crippen MR) is 102 cm³/mol. The van der Waals surface area contributed by atoms with Gasteiger partial charge in [0.05, 0.1) is 6.54 Å². The smallest absolute Gasteiger partial charge is 0.413 e. The Morgan fingerprint density at radius 1 is 1.31 bits per heavy atom. The van der Waals surface area contributed by atoms with Crippen molar-refractivity contribution in [3.8, 4) is 0 Å². The molecule has 0 spiro atoms. The number of likely N-dealkylation sites (N-methyl/N-ethyl adjacent to an activating group) is 1. The van der Waals surface area contributed by atoms with Gasteiger partial charge in [0.25, 0.3) is 0 Å². The number of aryl methyl sites for hydroxylation is 2. The van der Waals surface area contributed by atoms with E-state index < -0.39 is 6.09 Å². The highest BCUT2D eigenvalue weighted by atomic mass is 35.5. The average Bonchev–Trinajstić information content (AvgIpc) is 3.08. The van der Waals surface area contributed by atoms with E-state index in [0.717, 1.165) is 17.0 Å². The topological polar surface area (TPSA) is 84.4 Å². The average molecular weight is 397 g/mol. The Hall–Kier alpha value is -2.19. The number of hydrogen-bond acceptors (Lipinski definition) is 6. The van der Waals surface area contributed by atoms with Crippen LogP contribution in [0.25, 0.3) is 0 Å². The largest absolute Gasteiger partial charge is 0.447 e. The molecule has 1 heterocycles. The van der Waals surface area contributed by atoms with Crippen molar-refractivity contribution < 1.29 is 14.3 Å². The molecule has 2 aromatic rings. The van der Waals surface area contributed by atoms with Crippen molar-refractivity contribution in [3.05, 3.63) is 39.9 Å². The SMILES string of the molecule is CCc1nnc(NC(=O)OCCN(C)C(=O)CCc2ccccc2Cl)s1. The summed E-state index contributed by atoms with van der Waals surface area (Å²) < 4.78 is 5.07. The summed E-state index contributed by atoms with van der Waals surface area (Å²) in [6, 6.07) is 7.45. The number of nitrogens with zero attached hydrogens (tertiary/aromatic N) is 3. The van der Waals surface area contributed by atoms with E-state index in [0.29, 0.717) is 29.5 Å². The van der Waals surface area contributed by atoms with Gasteiger partial charge in [-0.25, -0.2) is 4.79 Å². The van der Waals surface area contributed by atoms with Gasteiger partial charge in [0.1, 0.15) is 11.6 Å². The maximum absolute atomic E-state index is 12.1. The first-order chi connectivity index (χ1) is 12.5. The molecule has 0 saturated heterocycles. The van der Waals surface area contributed by atoms with Crippen molar-refractivity contribution in [2.24, 2.45) is 0 Å². The number of anilines is 1. The highest BCUT2D eigenvalue weighted by molar-refractivity contribution is 7.15. The van der Waals surface area contributed by atoms with Crippen LogP contribution in [0.1, 0.15) is 23.9 Å². The third-order valence-corrected chi connectivity index (χ3v) is 4.98. The first kappa shape index (κ1) is 20.1. The van der Waals surface area contributed by atoms with Crippen molar-refractivity contribution in [1.29, 1.82) is 0 Å². The highest BCUT2D eigenvalue weighted by Crippen LogP contribution is 2.17. The Bertz CT molecular complexity index is 753. The van der Waals surface area contributed by atoms with Gasteiger partial charge in [0, 0.05) is 18.5 Å². The fourth-order valence-electron chi connectivity index (χ4n) is 2.10. The number of nitrogens with one attached hydrogen (secondary N) is 1. The van der Waals surface area contributed by atoms with Gasteiger partial charge >= 0.3 is 6.09 Å². The van der Waals surface area contributed by atoms with E-state index >= 15 is 0 Å². The van der Waals surface area contributed by atoms with Crippen LogP contribution < -0.4 is 5.32 Å². The summed E-state index contributed by atoms with van der Waals surface area (Å²) in [4.78, 5) is 25.4. The van der Waals surface area contributed by atoms with Gasteiger partial charge in [-0.3, -0.25) is 10.1 Å². The third-order valence-electron chi connectivity index (χ3n) is 3.63. The van der Waals surface area contributed by atoms with Crippen molar-refractivity contribution >= 4 is 40.1 Å². The van der Waals surface area contributed by atoms with E-state index in [1.807, 2.05) is 25.1 Å². The normalized spacial score (nSPS) is 10.4. The molecule has 140 valence electrons. The molecule has 0 aliphatic rings. The molecule has 0 fully saturated rings. The van der Waals surface area contributed by atoms with Crippen LogP contribution >= 0.6 is 22.9 Å². The summed E-state index contributed by atoms with van der Waals surface area (Å²) in [5.41, 5.74) is 0.940. The monoisotopic (exact) mass is 396 g/mol. The Morgan fingerprint density at radius 2 is 2.08 bits per heavy atom. The van der Waals surface area contributed by atoms with Crippen LogP contribution in [0.4, 0.5) is 9.93 Å². The van der Waals surface area contributed by atoms with E-state index in [4.69, 9.17) is 16.3 Å². The van der Waals surface area contributed by atoms with Crippen molar-refractivity contribution in [2.75, 3.05) is 25.5 Å². The van der Waals surface area contributed by atoms with Gasteiger partial charge in [0.15, 0.2) is 0 Å². The second kappa shape index (κ2) is 10.1. The molecule has 9 heteroatoms. The van der Waals surface area contributed by atoms with Crippen LogP contribution in [-0.2, 0) is 22.4 Å². The van der Waals surface area contributed by atoms with Gasteiger partial charge in [-0.2, -0.15) is 0 Å². The molecule has 1 aromatic heterocycles. The lowest BCUT2D eigenvalue weighted by atomic mass is 10.1. The van der Waals surface area contributed by atoms with Gasteiger partial charge in [0.2, 0.25) is 11.0 Å². The molecule has 1 aromatic carbocycles. The predicted octanol–water partition coefficient (Wildman–Crippen LogP) is 3.39. The summed E-state index contributed by atoms with van der Waals surface area (Å²) in [5, 5.41) is 12.2. The first-order valence-electron chi connectivity index (χ1n) is 8.23. The zero-order valence-electron chi connectivity index (χ0n) is 14.7. The van der Waals surface area contributed by atoms with Gasteiger partial charge in [-0.15, -0.1) is 10.2 Å². The van der Waals surface area contributed by atoms with Gasteiger partial charge in [-0.1, -0.05) is 48.1 Å².